The molecule has 0 atom stereocenters. The summed E-state index contributed by atoms with van der Waals surface area (Å²) in [6, 6.07) is 23.2. The highest BCUT2D eigenvalue weighted by molar-refractivity contribution is 7.98. The quantitative estimate of drug-likeness (QED) is 0.291. The molecular weight excluding hydrogens is 432 g/mol. The fourth-order valence-corrected chi connectivity index (χ4v) is 4.84. The van der Waals surface area contributed by atoms with Gasteiger partial charge in [0.1, 0.15) is 11.6 Å². The second kappa shape index (κ2) is 8.96. The third-order valence-electron chi connectivity index (χ3n) is 5.49. The lowest BCUT2D eigenvalue weighted by Gasteiger charge is -2.10. The fraction of sp³-hybridized carbons (Fsp3) is 0.115. The second-order valence-corrected chi connectivity index (χ2v) is 8.74. The van der Waals surface area contributed by atoms with Gasteiger partial charge in [0, 0.05) is 27.5 Å². The van der Waals surface area contributed by atoms with Crippen LogP contribution in [-0.4, -0.2) is 21.0 Å². The van der Waals surface area contributed by atoms with Crippen LogP contribution < -0.4 is 5.32 Å². The number of carbonyl (C=O) groups excluding carboxylic acids is 1. The molecule has 5 rings (SSSR count). The number of aromatic amines is 1. The first kappa shape index (κ1) is 21.0. The molecule has 164 valence electrons. The van der Waals surface area contributed by atoms with Crippen molar-refractivity contribution in [3.8, 4) is 11.4 Å². The molecule has 0 spiro atoms. The minimum atomic E-state index is -0.145. The maximum absolute atomic E-state index is 13.0. The van der Waals surface area contributed by atoms with Crippen LogP contribution in [0.15, 0.2) is 82.2 Å². The summed E-state index contributed by atoms with van der Waals surface area (Å²) in [5, 5.41) is 7.01. The third-order valence-corrected chi connectivity index (χ3v) is 6.59. The Morgan fingerprint density at radius 2 is 1.76 bits per heavy atom. The van der Waals surface area contributed by atoms with Gasteiger partial charge in [0.25, 0.3) is 5.91 Å². The van der Waals surface area contributed by atoms with Crippen molar-refractivity contribution >= 4 is 34.4 Å². The van der Waals surface area contributed by atoms with Gasteiger partial charge in [-0.3, -0.25) is 4.79 Å². The zero-order chi connectivity index (χ0) is 22.8. The summed E-state index contributed by atoms with van der Waals surface area (Å²) in [7, 11) is 0. The molecule has 1 amide bonds. The predicted molar refractivity (Wildman–Crippen MR) is 131 cm³/mol. The molecule has 0 fully saturated rings. The van der Waals surface area contributed by atoms with Gasteiger partial charge in [0.2, 0.25) is 0 Å². The number of benzene rings is 3. The number of H-pyrrole nitrogens is 1. The number of rotatable bonds is 6. The van der Waals surface area contributed by atoms with Crippen molar-refractivity contribution in [2.45, 2.75) is 24.5 Å². The number of imidazole rings is 1. The maximum Gasteiger partial charge on any atom is 0.256 e. The molecule has 2 aromatic heterocycles. The third kappa shape index (κ3) is 4.40. The van der Waals surface area contributed by atoms with Gasteiger partial charge in [0.15, 0.2) is 0 Å². The van der Waals surface area contributed by atoms with Crippen LogP contribution in [0.25, 0.3) is 22.4 Å². The fourth-order valence-electron chi connectivity index (χ4n) is 3.64. The first-order chi connectivity index (χ1) is 16.1. The highest BCUT2D eigenvalue weighted by atomic mass is 32.2. The molecule has 0 radical (unpaired) electrons. The van der Waals surface area contributed by atoms with Crippen molar-refractivity contribution in [2.75, 3.05) is 5.32 Å². The molecule has 0 saturated carbocycles. The molecule has 0 unspecified atom stereocenters. The highest BCUT2D eigenvalue weighted by Gasteiger charge is 2.15. The van der Waals surface area contributed by atoms with Crippen molar-refractivity contribution < 1.29 is 9.32 Å². The lowest BCUT2D eigenvalue weighted by Crippen LogP contribution is -2.13. The number of nitrogens with one attached hydrogen (secondary N) is 2. The highest BCUT2D eigenvalue weighted by Crippen LogP contribution is 2.29. The number of anilines is 1. The first-order valence-electron chi connectivity index (χ1n) is 10.6. The smallest absolute Gasteiger partial charge is 0.256 e. The van der Waals surface area contributed by atoms with E-state index in [1.54, 1.807) is 11.8 Å². The van der Waals surface area contributed by atoms with E-state index in [9.17, 15) is 4.79 Å². The average molecular weight is 455 g/mol. The van der Waals surface area contributed by atoms with E-state index in [0.717, 1.165) is 50.0 Å². The predicted octanol–water partition coefficient (Wildman–Crippen LogP) is 6.38. The van der Waals surface area contributed by atoms with E-state index in [2.05, 4.69) is 20.4 Å². The van der Waals surface area contributed by atoms with Gasteiger partial charge >= 0.3 is 0 Å². The number of amides is 1. The lowest BCUT2D eigenvalue weighted by molar-refractivity contribution is 0.102. The number of hydrogen-bond donors (Lipinski definition) is 2. The van der Waals surface area contributed by atoms with Crippen molar-refractivity contribution in [1.29, 1.82) is 0 Å². The second-order valence-electron chi connectivity index (χ2n) is 7.72. The van der Waals surface area contributed by atoms with E-state index in [0.29, 0.717) is 11.3 Å². The maximum atomic E-state index is 13.0. The minimum absolute atomic E-state index is 0.145. The van der Waals surface area contributed by atoms with Crippen LogP contribution in [0.3, 0.4) is 0 Å². The molecule has 7 heteroatoms. The summed E-state index contributed by atoms with van der Waals surface area (Å²) in [6.45, 7) is 3.84. The van der Waals surface area contributed by atoms with Crippen LogP contribution in [0.5, 0.6) is 0 Å². The summed E-state index contributed by atoms with van der Waals surface area (Å²) in [4.78, 5) is 21.9. The zero-order valence-electron chi connectivity index (χ0n) is 18.3. The van der Waals surface area contributed by atoms with Crippen LogP contribution in [0, 0.1) is 13.8 Å². The van der Waals surface area contributed by atoms with E-state index >= 15 is 0 Å². The molecule has 2 heterocycles. The monoisotopic (exact) mass is 454 g/mol. The van der Waals surface area contributed by atoms with Gasteiger partial charge in [-0.1, -0.05) is 29.4 Å². The Morgan fingerprint density at radius 1 is 1.00 bits per heavy atom. The Labute approximate surface area is 195 Å². The van der Waals surface area contributed by atoms with Gasteiger partial charge in [-0.05, 0) is 62.4 Å². The summed E-state index contributed by atoms with van der Waals surface area (Å²) < 4.78 is 5.25. The normalized spacial score (nSPS) is 11.1. The van der Waals surface area contributed by atoms with Crippen LogP contribution in [0.4, 0.5) is 5.69 Å². The van der Waals surface area contributed by atoms with Gasteiger partial charge in [0.05, 0.1) is 22.3 Å². The summed E-state index contributed by atoms with van der Waals surface area (Å²) in [5.74, 6) is 2.16. The Kier molecular flexibility index (Phi) is 5.71. The molecule has 33 heavy (non-hydrogen) atoms. The Hall–Kier alpha value is -3.84. The molecule has 2 N–H and O–H groups in total. The topological polar surface area (TPSA) is 83.8 Å². The van der Waals surface area contributed by atoms with Gasteiger partial charge in [-0.15, -0.1) is 11.8 Å². The number of para-hydroxylation sites is 2. The summed E-state index contributed by atoms with van der Waals surface area (Å²) in [6.07, 6.45) is 0. The number of hydrogen-bond acceptors (Lipinski definition) is 5. The van der Waals surface area contributed by atoms with Crippen molar-refractivity contribution in [2.24, 2.45) is 0 Å². The van der Waals surface area contributed by atoms with Crippen LogP contribution in [-0.2, 0) is 5.75 Å². The standard InChI is InChI=1S/C26H22N4O2S/c1-16-21(17(2)32-30-16)15-33-24-10-6-3-7-20(24)26(31)27-19-13-11-18(12-14-19)25-28-22-8-4-5-9-23(22)29-25/h3-14H,15H2,1-2H3,(H,27,31)(H,28,29). The molecule has 3 aromatic carbocycles. The molecule has 6 nitrogen and oxygen atoms in total. The van der Waals surface area contributed by atoms with Crippen LogP contribution in [0.1, 0.15) is 27.4 Å². The van der Waals surface area contributed by atoms with Crippen molar-refractivity contribution in [1.82, 2.24) is 15.1 Å². The molecular formula is C26H22N4O2S. The Morgan fingerprint density at radius 3 is 2.52 bits per heavy atom. The number of aryl methyl sites for hydroxylation is 2. The average Bonchev–Trinajstić information content (AvgIpc) is 3.41. The minimum Gasteiger partial charge on any atom is -0.361 e. The molecule has 0 aliphatic heterocycles. The Balaban J connectivity index is 1.30. The van der Waals surface area contributed by atoms with E-state index in [1.165, 1.54) is 0 Å². The number of fused-ring (bicyclic) bond motifs is 1. The SMILES string of the molecule is Cc1noc(C)c1CSc1ccccc1C(=O)Nc1ccc(-c2nc3ccccc3[nH]2)cc1. The van der Waals surface area contributed by atoms with Gasteiger partial charge < -0.3 is 14.8 Å². The number of nitrogens with zero attached hydrogens (tertiary/aromatic N) is 2. The molecule has 0 saturated heterocycles. The number of aromatic nitrogens is 3. The van der Waals surface area contributed by atoms with E-state index in [1.807, 2.05) is 86.6 Å². The van der Waals surface area contributed by atoms with E-state index < -0.39 is 0 Å². The molecule has 0 bridgehead atoms. The largest absolute Gasteiger partial charge is 0.361 e. The lowest BCUT2D eigenvalue weighted by atomic mass is 10.1. The molecule has 5 aromatic rings. The van der Waals surface area contributed by atoms with Crippen molar-refractivity contribution in [3.63, 3.8) is 0 Å². The first-order valence-corrected chi connectivity index (χ1v) is 11.6. The summed E-state index contributed by atoms with van der Waals surface area (Å²) >= 11 is 1.60. The van der Waals surface area contributed by atoms with E-state index in [-0.39, 0.29) is 5.91 Å². The van der Waals surface area contributed by atoms with Crippen LogP contribution in [0.2, 0.25) is 0 Å². The Bertz CT molecular complexity index is 1380. The van der Waals surface area contributed by atoms with E-state index in [4.69, 9.17) is 4.52 Å². The summed E-state index contributed by atoms with van der Waals surface area (Å²) in [5.41, 5.74) is 6.19. The number of thioether (sulfide) groups is 1. The van der Waals surface area contributed by atoms with Gasteiger partial charge in [-0.25, -0.2) is 4.98 Å². The van der Waals surface area contributed by atoms with Crippen molar-refractivity contribution in [3.05, 3.63) is 95.4 Å². The zero-order valence-corrected chi connectivity index (χ0v) is 19.1. The van der Waals surface area contributed by atoms with Gasteiger partial charge in [-0.2, -0.15) is 0 Å². The molecule has 0 aliphatic carbocycles. The number of carbonyl (C=O) groups is 1. The van der Waals surface area contributed by atoms with Crippen LogP contribution >= 0.6 is 11.8 Å². The molecule has 0 aliphatic rings.